The lowest BCUT2D eigenvalue weighted by Gasteiger charge is -2.28. The molecule has 202 valence electrons. The molecule has 1 aromatic heterocycles. The molecule has 38 heavy (non-hydrogen) atoms. The molecule has 6 nitrogen and oxygen atoms in total. The molecule has 0 N–H and O–H groups in total. The Balaban J connectivity index is 1.44. The van der Waals surface area contributed by atoms with Crippen molar-refractivity contribution in [1.29, 1.82) is 0 Å². The van der Waals surface area contributed by atoms with Crippen LogP contribution in [0.1, 0.15) is 46.5 Å². The number of hydrogen-bond acceptors (Lipinski definition) is 5. The van der Waals surface area contributed by atoms with Gasteiger partial charge in [-0.15, -0.1) is 0 Å². The summed E-state index contributed by atoms with van der Waals surface area (Å²) in [4.78, 5) is 24.9. The predicted molar refractivity (Wildman–Crippen MR) is 141 cm³/mol. The Hall–Kier alpha value is -3.39. The number of hydrogen-bond donors (Lipinski definition) is 0. The van der Waals surface area contributed by atoms with Crippen LogP contribution in [-0.2, 0) is 20.8 Å². The maximum absolute atomic E-state index is 14.7. The molecule has 1 fully saturated rings. The second-order valence-electron chi connectivity index (χ2n) is 10.9. The van der Waals surface area contributed by atoms with Crippen LogP contribution in [-0.4, -0.2) is 34.6 Å². The van der Waals surface area contributed by atoms with Crippen molar-refractivity contribution < 1.29 is 23.0 Å². The number of aromatic nitrogens is 2. The van der Waals surface area contributed by atoms with Crippen LogP contribution in [0.4, 0.5) is 8.78 Å². The fraction of sp³-hybridized carbons (Fsp3) is 0.433. The fourth-order valence-electron chi connectivity index (χ4n) is 4.85. The molecule has 1 heterocycles. The van der Waals surface area contributed by atoms with Gasteiger partial charge in [0, 0.05) is 29.3 Å². The maximum Gasteiger partial charge on any atom is 0.332 e. The molecule has 2 aromatic carbocycles. The number of esters is 1. The lowest BCUT2D eigenvalue weighted by Crippen LogP contribution is -2.30. The minimum absolute atomic E-state index is 0.00694. The smallest absolute Gasteiger partial charge is 0.332 e. The minimum Gasteiger partial charge on any atom is -0.458 e. The first-order valence-corrected chi connectivity index (χ1v) is 13.0. The van der Waals surface area contributed by atoms with Crippen molar-refractivity contribution in [3.05, 3.63) is 76.6 Å². The first-order chi connectivity index (χ1) is 18.1. The van der Waals surface area contributed by atoms with E-state index in [9.17, 15) is 18.4 Å². The highest BCUT2D eigenvalue weighted by molar-refractivity contribution is 5.80. The van der Waals surface area contributed by atoms with Crippen LogP contribution in [0.5, 0.6) is 0 Å². The monoisotopic (exact) mass is 524 g/mol. The highest BCUT2D eigenvalue weighted by atomic mass is 19.2. The van der Waals surface area contributed by atoms with Gasteiger partial charge in [0.1, 0.15) is 12.2 Å². The van der Waals surface area contributed by atoms with E-state index in [1.165, 1.54) is 22.9 Å². The average molecular weight is 525 g/mol. The highest BCUT2D eigenvalue weighted by Crippen LogP contribution is 2.33. The first kappa shape index (κ1) is 27.6. The SMILES string of the molecule is CC(C)(C)OC(=O)COCC1CCC(Cn2nc(-c3ccccc3)c(-c3cccc(F)c3F)cc2=O)CC1. The van der Waals surface area contributed by atoms with Crippen molar-refractivity contribution in [1.82, 2.24) is 9.78 Å². The molecule has 1 aliphatic carbocycles. The highest BCUT2D eigenvalue weighted by Gasteiger charge is 2.24. The van der Waals surface area contributed by atoms with Crippen LogP contribution in [0.25, 0.3) is 22.4 Å². The summed E-state index contributed by atoms with van der Waals surface area (Å²) in [5.41, 5.74) is 0.526. The Morgan fingerprint density at radius 1 is 0.974 bits per heavy atom. The Morgan fingerprint density at radius 2 is 1.66 bits per heavy atom. The number of benzene rings is 2. The lowest BCUT2D eigenvalue weighted by atomic mass is 9.82. The zero-order chi connectivity index (χ0) is 27.3. The van der Waals surface area contributed by atoms with Crippen molar-refractivity contribution in [2.45, 2.75) is 58.6 Å². The third-order valence-corrected chi connectivity index (χ3v) is 6.68. The third kappa shape index (κ3) is 7.13. The van der Waals surface area contributed by atoms with Gasteiger partial charge in [0.05, 0.1) is 12.3 Å². The van der Waals surface area contributed by atoms with E-state index >= 15 is 0 Å². The number of halogens is 2. The van der Waals surface area contributed by atoms with Gasteiger partial charge in [-0.2, -0.15) is 5.10 Å². The van der Waals surface area contributed by atoms with Crippen molar-refractivity contribution >= 4 is 5.97 Å². The Bertz CT molecular complexity index is 1310. The van der Waals surface area contributed by atoms with Crippen LogP contribution in [0.2, 0.25) is 0 Å². The zero-order valence-electron chi connectivity index (χ0n) is 22.1. The number of nitrogens with zero attached hydrogens (tertiary/aromatic N) is 2. The maximum atomic E-state index is 14.7. The summed E-state index contributed by atoms with van der Waals surface area (Å²) in [6.07, 6.45) is 3.64. The van der Waals surface area contributed by atoms with E-state index in [0.29, 0.717) is 30.3 Å². The van der Waals surface area contributed by atoms with E-state index in [4.69, 9.17) is 9.47 Å². The van der Waals surface area contributed by atoms with Crippen LogP contribution in [0, 0.1) is 23.5 Å². The van der Waals surface area contributed by atoms with Crippen molar-refractivity contribution in [3.63, 3.8) is 0 Å². The van der Waals surface area contributed by atoms with Crippen molar-refractivity contribution in [2.75, 3.05) is 13.2 Å². The molecule has 4 rings (SSSR count). The summed E-state index contributed by atoms with van der Waals surface area (Å²) in [6.45, 7) is 6.34. The number of rotatable bonds is 8. The molecule has 0 unspecified atom stereocenters. The van der Waals surface area contributed by atoms with Crippen molar-refractivity contribution in [3.8, 4) is 22.4 Å². The minimum atomic E-state index is -1.00. The molecule has 0 aliphatic heterocycles. The largest absolute Gasteiger partial charge is 0.458 e. The van der Waals surface area contributed by atoms with Gasteiger partial charge < -0.3 is 9.47 Å². The first-order valence-electron chi connectivity index (χ1n) is 13.0. The molecule has 0 amide bonds. The van der Waals surface area contributed by atoms with Crippen molar-refractivity contribution in [2.24, 2.45) is 11.8 Å². The van der Waals surface area contributed by atoms with E-state index in [-0.39, 0.29) is 35.2 Å². The zero-order valence-corrected chi connectivity index (χ0v) is 22.1. The van der Waals surface area contributed by atoms with Crippen LogP contribution in [0.3, 0.4) is 0 Å². The predicted octanol–water partition coefficient (Wildman–Crippen LogP) is 6.02. The average Bonchev–Trinajstić information content (AvgIpc) is 2.87. The van der Waals surface area contributed by atoms with E-state index in [2.05, 4.69) is 5.10 Å². The normalized spacial score (nSPS) is 17.8. The van der Waals surface area contributed by atoms with E-state index in [1.54, 1.807) is 0 Å². The summed E-state index contributed by atoms with van der Waals surface area (Å²) in [7, 11) is 0. The van der Waals surface area contributed by atoms with Gasteiger partial charge in [0.25, 0.3) is 5.56 Å². The summed E-state index contributed by atoms with van der Waals surface area (Å²) in [5, 5.41) is 4.64. The molecule has 8 heteroatoms. The van der Waals surface area contributed by atoms with Gasteiger partial charge in [-0.25, -0.2) is 18.3 Å². The molecule has 0 radical (unpaired) electrons. The molecule has 1 saturated carbocycles. The van der Waals surface area contributed by atoms with Gasteiger partial charge >= 0.3 is 5.97 Å². The molecule has 1 aliphatic rings. The Labute approximate surface area is 221 Å². The van der Waals surface area contributed by atoms with Crippen LogP contribution in [0.15, 0.2) is 59.4 Å². The molecule has 0 atom stereocenters. The van der Waals surface area contributed by atoms with E-state index in [0.717, 1.165) is 31.7 Å². The summed E-state index contributed by atoms with van der Waals surface area (Å²) < 4.78 is 41.0. The molecule has 0 spiro atoms. The number of carbonyl (C=O) groups excluding carboxylic acids is 1. The Morgan fingerprint density at radius 3 is 2.34 bits per heavy atom. The van der Waals surface area contributed by atoms with Gasteiger partial charge in [0.15, 0.2) is 11.6 Å². The second-order valence-corrected chi connectivity index (χ2v) is 10.9. The second kappa shape index (κ2) is 12.0. The molecule has 0 bridgehead atoms. The molecule has 3 aromatic rings. The number of ether oxygens (including phenoxy) is 2. The van der Waals surface area contributed by atoms with Gasteiger partial charge in [-0.05, 0) is 64.4 Å². The molecule has 0 saturated heterocycles. The summed E-state index contributed by atoms with van der Waals surface area (Å²) in [5.74, 6) is -1.75. The van der Waals surface area contributed by atoms with Crippen LogP contribution < -0.4 is 5.56 Å². The van der Waals surface area contributed by atoms with Gasteiger partial charge in [-0.3, -0.25) is 4.79 Å². The quantitative estimate of drug-likeness (QED) is 0.337. The molecular formula is C30H34F2N2O4. The number of carbonyl (C=O) groups is 1. The van der Waals surface area contributed by atoms with E-state index in [1.807, 2.05) is 51.1 Å². The Kier molecular flexibility index (Phi) is 8.72. The summed E-state index contributed by atoms with van der Waals surface area (Å²) in [6, 6.07) is 14.5. The lowest BCUT2D eigenvalue weighted by molar-refractivity contribution is -0.160. The standard InChI is InChI=1S/C30H34F2N2O4/c1-30(2,3)38-27(36)19-37-18-21-14-12-20(13-15-21)17-34-26(35)16-24(23-10-7-11-25(31)28(23)32)29(33-34)22-8-5-4-6-9-22/h4-11,16,20-21H,12-15,17-19H2,1-3H3. The third-order valence-electron chi connectivity index (χ3n) is 6.68. The van der Waals surface area contributed by atoms with Gasteiger partial charge in [-0.1, -0.05) is 42.5 Å². The van der Waals surface area contributed by atoms with E-state index < -0.39 is 17.2 Å². The fourth-order valence-corrected chi connectivity index (χ4v) is 4.85. The van der Waals surface area contributed by atoms with Gasteiger partial charge in [0.2, 0.25) is 0 Å². The molecular weight excluding hydrogens is 490 g/mol. The topological polar surface area (TPSA) is 70.4 Å². The van der Waals surface area contributed by atoms with Crippen LogP contribution >= 0.6 is 0 Å². The summed E-state index contributed by atoms with van der Waals surface area (Å²) >= 11 is 0.